The van der Waals surface area contributed by atoms with Crippen LogP contribution in [0.15, 0.2) is 18.7 Å². The molecule has 0 N–H and O–H groups in total. The molecule has 0 aromatic carbocycles. The molecule has 0 radical (unpaired) electrons. The number of nitrogens with zero attached hydrogens (tertiary/aromatic N) is 2. The first-order valence-electron chi connectivity index (χ1n) is 4.38. The van der Waals surface area contributed by atoms with E-state index < -0.39 is 10.1 Å². The number of hydrogen-bond acceptors (Lipinski definition) is 4. The Morgan fingerprint density at radius 1 is 1.43 bits per heavy atom. The van der Waals surface area contributed by atoms with Crippen molar-refractivity contribution in [1.82, 2.24) is 9.55 Å². The van der Waals surface area contributed by atoms with Crippen LogP contribution in [0.25, 0.3) is 0 Å². The van der Waals surface area contributed by atoms with Crippen LogP contribution in [-0.2, 0) is 20.8 Å². The zero-order valence-corrected chi connectivity index (χ0v) is 8.90. The zero-order chi connectivity index (χ0) is 10.4. The quantitative estimate of drug-likeness (QED) is 0.519. The second-order valence-corrected chi connectivity index (χ2v) is 4.68. The SMILES string of the molecule is CS(=O)(=O)OCCCCn1ccnc1. The highest BCUT2D eigenvalue weighted by Gasteiger charge is 2.00. The van der Waals surface area contributed by atoms with Gasteiger partial charge in [0.15, 0.2) is 0 Å². The van der Waals surface area contributed by atoms with E-state index in [0.29, 0.717) is 0 Å². The fraction of sp³-hybridized carbons (Fsp3) is 0.625. The molecule has 1 aromatic rings. The molecule has 5 nitrogen and oxygen atoms in total. The molecule has 1 aromatic heterocycles. The van der Waals surface area contributed by atoms with Gasteiger partial charge in [0.25, 0.3) is 10.1 Å². The van der Waals surface area contributed by atoms with Crippen molar-refractivity contribution in [1.29, 1.82) is 0 Å². The van der Waals surface area contributed by atoms with E-state index >= 15 is 0 Å². The molecule has 0 saturated carbocycles. The van der Waals surface area contributed by atoms with Gasteiger partial charge in [-0.3, -0.25) is 4.18 Å². The Kier molecular flexibility index (Phi) is 4.09. The zero-order valence-electron chi connectivity index (χ0n) is 8.09. The van der Waals surface area contributed by atoms with Gasteiger partial charge < -0.3 is 4.57 Å². The van der Waals surface area contributed by atoms with Gasteiger partial charge in [-0.05, 0) is 12.8 Å². The molecule has 0 unspecified atom stereocenters. The highest BCUT2D eigenvalue weighted by atomic mass is 32.2. The Bertz CT molecular complexity index is 345. The van der Waals surface area contributed by atoms with Gasteiger partial charge >= 0.3 is 0 Å². The van der Waals surface area contributed by atoms with Crippen LogP contribution in [0.4, 0.5) is 0 Å². The molecular weight excluding hydrogens is 204 g/mol. The van der Waals surface area contributed by atoms with Gasteiger partial charge in [-0.2, -0.15) is 8.42 Å². The average Bonchev–Trinajstić information content (AvgIpc) is 2.54. The fourth-order valence-corrected chi connectivity index (χ4v) is 1.45. The lowest BCUT2D eigenvalue weighted by atomic mass is 10.3. The van der Waals surface area contributed by atoms with Crippen LogP contribution in [0, 0.1) is 0 Å². The van der Waals surface area contributed by atoms with Gasteiger partial charge in [-0.25, -0.2) is 4.98 Å². The van der Waals surface area contributed by atoms with Crippen molar-refractivity contribution < 1.29 is 12.6 Å². The predicted octanol–water partition coefficient (Wildman–Crippen LogP) is 0.639. The maximum Gasteiger partial charge on any atom is 0.264 e. The van der Waals surface area contributed by atoms with E-state index in [1.165, 1.54) is 0 Å². The van der Waals surface area contributed by atoms with Crippen LogP contribution in [0.2, 0.25) is 0 Å². The van der Waals surface area contributed by atoms with Gasteiger partial charge in [0, 0.05) is 18.9 Å². The lowest BCUT2D eigenvalue weighted by molar-refractivity contribution is 0.308. The molecule has 14 heavy (non-hydrogen) atoms. The maximum absolute atomic E-state index is 10.6. The van der Waals surface area contributed by atoms with E-state index in [0.717, 1.165) is 25.6 Å². The van der Waals surface area contributed by atoms with E-state index in [4.69, 9.17) is 0 Å². The van der Waals surface area contributed by atoms with Gasteiger partial charge in [0.1, 0.15) is 0 Å². The average molecular weight is 218 g/mol. The summed E-state index contributed by atoms with van der Waals surface area (Å²) in [6.07, 6.45) is 7.99. The molecule has 0 aliphatic rings. The molecule has 0 amide bonds. The van der Waals surface area contributed by atoms with E-state index in [-0.39, 0.29) is 6.61 Å². The molecule has 0 atom stereocenters. The molecule has 0 aliphatic heterocycles. The second-order valence-electron chi connectivity index (χ2n) is 3.03. The predicted molar refractivity (Wildman–Crippen MR) is 52.3 cm³/mol. The first-order chi connectivity index (χ1) is 6.58. The van der Waals surface area contributed by atoms with Gasteiger partial charge in [-0.1, -0.05) is 0 Å². The first kappa shape index (κ1) is 11.2. The van der Waals surface area contributed by atoms with Crippen LogP contribution >= 0.6 is 0 Å². The third-order valence-corrected chi connectivity index (χ3v) is 2.26. The molecule has 1 heterocycles. The third-order valence-electron chi connectivity index (χ3n) is 1.67. The summed E-state index contributed by atoms with van der Waals surface area (Å²) in [6, 6.07) is 0. The number of aryl methyl sites for hydroxylation is 1. The summed E-state index contributed by atoms with van der Waals surface area (Å²) in [4.78, 5) is 3.90. The molecule has 80 valence electrons. The lowest BCUT2D eigenvalue weighted by Crippen LogP contribution is -2.05. The van der Waals surface area contributed by atoms with Crippen LogP contribution in [0.3, 0.4) is 0 Å². The second kappa shape index (κ2) is 5.11. The number of hydrogen-bond donors (Lipinski definition) is 0. The van der Waals surface area contributed by atoms with E-state index in [2.05, 4.69) is 9.17 Å². The summed E-state index contributed by atoms with van der Waals surface area (Å²) >= 11 is 0. The lowest BCUT2D eigenvalue weighted by Gasteiger charge is -2.02. The molecule has 0 saturated heterocycles. The molecule has 0 spiro atoms. The van der Waals surface area contributed by atoms with Crippen molar-refractivity contribution in [3.63, 3.8) is 0 Å². The Labute approximate surface area is 83.8 Å². The molecule has 0 aliphatic carbocycles. The van der Waals surface area contributed by atoms with Crippen LogP contribution in [-0.4, -0.2) is 30.8 Å². The Hall–Kier alpha value is -0.880. The Morgan fingerprint density at radius 3 is 2.79 bits per heavy atom. The van der Waals surface area contributed by atoms with Crippen LogP contribution in [0.1, 0.15) is 12.8 Å². The van der Waals surface area contributed by atoms with Crippen molar-refractivity contribution in [3.8, 4) is 0 Å². The van der Waals surface area contributed by atoms with Crippen molar-refractivity contribution in [2.24, 2.45) is 0 Å². The summed E-state index contributed by atoms with van der Waals surface area (Å²) in [6.45, 7) is 1.10. The Morgan fingerprint density at radius 2 is 2.21 bits per heavy atom. The minimum absolute atomic E-state index is 0.257. The van der Waals surface area contributed by atoms with Gasteiger partial charge in [0.2, 0.25) is 0 Å². The van der Waals surface area contributed by atoms with Crippen molar-refractivity contribution in [3.05, 3.63) is 18.7 Å². The fourth-order valence-electron chi connectivity index (χ4n) is 1.03. The van der Waals surface area contributed by atoms with E-state index in [1.54, 1.807) is 12.5 Å². The highest BCUT2D eigenvalue weighted by molar-refractivity contribution is 7.85. The van der Waals surface area contributed by atoms with E-state index in [9.17, 15) is 8.42 Å². The number of unbranched alkanes of at least 4 members (excludes halogenated alkanes) is 1. The molecular formula is C8H14N2O3S. The maximum atomic E-state index is 10.6. The standard InChI is InChI=1S/C8H14N2O3S/c1-14(11,12)13-7-3-2-5-10-6-4-9-8-10/h4,6,8H,2-3,5,7H2,1H3. The van der Waals surface area contributed by atoms with Gasteiger partial charge in [-0.15, -0.1) is 0 Å². The summed E-state index contributed by atoms with van der Waals surface area (Å²) < 4.78 is 27.7. The Balaban J connectivity index is 2.06. The normalized spacial score (nSPS) is 11.8. The molecule has 1 rings (SSSR count). The molecule has 6 heteroatoms. The van der Waals surface area contributed by atoms with Crippen molar-refractivity contribution >= 4 is 10.1 Å². The van der Waals surface area contributed by atoms with E-state index in [1.807, 2.05) is 10.8 Å². The van der Waals surface area contributed by atoms with Crippen molar-refractivity contribution in [2.45, 2.75) is 19.4 Å². The smallest absolute Gasteiger partial charge is 0.264 e. The molecule has 0 bridgehead atoms. The summed E-state index contributed by atoms with van der Waals surface area (Å²) in [7, 11) is -3.28. The summed E-state index contributed by atoms with van der Waals surface area (Å²) in [5, 5.41) is 0. The number of aromatic nitrogens is 2. The monoisotopic (exact) mass is 218 g/mol. The summed E-state index contributed by atoms with van der Waals surface area (Å²) in [5.41, 5.74) is 0. The highest BCUT2D eigenvalue weighted by Crippen LogP contribution is 1.97. The van der Waals surface area contributed by atoms with Crippen LogP contribution in [0.5, 0.6) is 0 Å². The number of imidazole rings is 1. The van der Waals surface area contributed by atoms with Crippen molar-refractivity contribution in [2.75, 3.05) is 12.9 Å². The first-order valence-corrected chi connectivity index (χ1v) is 6.20. The largest absolute Gasteiger partial charge is 0.337 e. The molecule has 0 fully saturated rings. The minimum atomic E-state index is -3.28. The van der Waals surface area contributed by atoms with Crippen LogP contribution < -0.4 is 0 Å². The number of rotatable bonds is 6. The minimum Gasteiger partial charge on any atom is -0.337 e. The van der Waals surface area contributed by atoms with Gasteiger partial charge in [0.05, 0.1) is 19.2 Å². The summed E-state index contributed by atoms with van der Waals surface area (Å²) in [5.74, 6) is 0. The third kappa shape index (κ3) is 4.98. The topological polar surface area (TPSA) is 61.2 Å².